The molecule has 1 aromatic heterocycles. The average molecular weight is 308 g/mol. The molecule has 2 amide bonds. The van der Waals surface area contributed by atoms with Crippen LogP contribution in [-0.4, -0.2) is 45.3 Å². The van der Waals surface area contributed by atoms with Gasteiger partial charge >= 0.3 is 0 Å². The maximum atomic E-state index is 12.7. The second-order valence-electron chi connectivity index (χ2n) is 5.96. The van der Waals surface area contributed by atoms with Gasteiger partial charge in [-0.1, -0.05) is 0 Å². The summed E-state index contributed by atoms with van der Waals surface area (Å²) in [6.45, 7) is 4.47. The van der Waals surface area contributed by atoms with E-state index < -0.39 is 0 Å². The smallest absolute Gasteiger partial charge is 0.246 e. The van der Waals surface area contributed by atoms with Crippen molar-refractivity contribution in [1.82, 2.24) is 9.80 Å². The van der Waals surface area contributed by atoms with Crippen LogP contribution in [0.4, 0.5) is 0 Å². The Labute approximate surface area is 128 Å². The monoisotopic (exact) mass is 308 g/mol. The zero-order valence-electron chi connectivity index (χ0n) is 12.6. The number of thioether (sulfide) groups is 1. The molecule has 21 heavy (non-hydrogen) atoms. The van der Waals surface area contributed by atoms with Gasteiger partial charge in [-0.2, -0.15) is 0 Å². The normalized spacial score (nSPS) is 28.0. The van der Waals surface area contributed by atoms with E-state index >= 15 is 0 Å². The summed E-state index contributed by atoms with van der Waals surface area (Å²) in [4.78, 5) is 28.1. The van der Waals surface area contributed by atoms with E-state index in [0.717, 1.165) is 17.7 Å². The maximum absolute atomic E-state index is 12.7. The molecular weight excluding hydrogens is 288 g/mol. The molecule has 2 saturated heterocycles. The predicted molar refractivity (Wildman–Crippen MR) is 80.7 cm³/mol. The van der Waals surface area contributed by atoms with Gasteiger partial charge in [0.1, 0.15) is 11.8 Å². The summed E-state index contributed by atoms with van der Waals surface area (Å²) in [6.07, 6.45) is 3.03. The number of fused-ring (bicyclic) bond motifs is 1. The van der Waals surface area contributed by atoms with Gasteiger partial charge in [0.15, 0.2) is 0 Å². The molecule has 2 aliphatic heterocycles. The molecular formula is C15H20N2O3S. The van der Waals surface area contributed by atoms with Gasteiger partial charge in [0.05, 0.1) is 11.1 Å². The van der Waals surface area contributed by atoms with Gasteiger partial charge in [0.25, 0.3) is 0 Å². The van der Waals surface area contributed by atoms with Crippen LogP contribution in [0.2, 0.25) is 0 Å². The third kappa shape index (κ3) is 2.35. The molecule has 0 spiro atoms. The first kappa shape index (κ1) is 14.5. The van der Waals surface area contributed by atoms with Gasteiger partial charge in [0, 0.05) is 31.3 Å². The van der Waals surface area contributed by atoms with E-state index in [9.17, 15) is 9.59 Å². The Bertz CT molecular complexity index is 585. The molecule has 5 nitrogen and oxygen atoms in total. The average Bonchev–Trinajstić information content (AvgIpc) is 3.07. The van der Waals surface area contributed by atoms with Gasteiger partial charge in [-0.05, 0) is 26.3 Å². The van der Waals surface area contributed by atoms with Gasteiger partial charge in [-0.3, -0.25) is 9.59 Å². The molecule has 3 rings (SSSR count). The van der Waals surface area contributed by atoms with Crippen LogP contribution < -0.4 is 0 Å². The van der Waals surface area contributed by atoms with Crippen molar-refractivity contribution >= 4 is 23.6 Å². The summed E-state index contributed by atoms with van der Waals surface area (Å²) in [5.41, 5.74) is 1.01. The Kier molecular flexibility index (Phi) is 3.51. The summed E-state index contributed by atoms with van der Waals surface area (Å²) < 4.78 is 5.27. The number of hydrogen-bond donors (Lipinski definition) is 0. The van der Waals surface area contributed by atoms with E-state index in [1.54, 1.807) is 34.9 Å². The van der Waals surface area contributed by atoms with Gasteiger partial charge in [0.2, 0.25) is 11.8 Å². The molecule has 0 unspecified atom stereocenters. The van der Waals surface area contributed by atoms with Crippen LogP contribution in [0.15, 0.2) is 16.7 Å². The maximum Gasteiger partial charge on any atom is 0.246 e. The van der Waals surface area contributed by atoms with Gasteiger partial charge in [-0.25, -0.2) is 0 Å². The van der Waals surface area contributed by atoms with Crippen molar-refractivity contribution in [1.29, 1.82) is 0 Å². The van der Waals surface area contributed by atoms with E-state index in [2.05, 4.69) is 6.92 Å². The largest absolute Gasteiger partial charge is 0.469 e. The first-order chi connectivity index (χ1) is 9.92. The lowest BCUT2D eigenvalue weighted by Gasteiger charge is -2.31. The fourth-order valence-corrected chi connectivity index (χ4v) is 4.59. The van der Waals surface area contributed by atoms with Crippen molar-refractivity contribution in [2.45, 2.75) is 44.1 Å². The van der Waals surface area contributed by atoms with Gasteiger partial charge < -0.3 is 14.2 Å². The number of rotatable bonds is 3. The van der Waals surface area contributed by atoms with Crippen LogP contribution in [-0.2, 0) is 16.1 Å². The number of amides is 2. The number of likely N-dealkylation sites (N-methyl/N-ethyl adjacent to an activating group) is 1. The van der Waals surface area contributed by atoms with Crippen molar-refractivity contribution in [2.75, 3.05) is 12.8 Å². The Morgan fingerprint density at radius 2 is 2.38 bits per heavy atom. The topological polar surface area (TPSA) is 53.8 Å². The molecule has 3 heterocycles. The highest BCUT2D eigenvalue weighted by atomic mass is 32.2. The molecule has 0 saturated carbocycles. The quantitative estimate of drug-likeness (QED) is 0.857. The van der Waals surface area contributed by atoms with E-state index in [1.165, 1.54) is 0 Å². The minimum Gasteiger partial charge on any atom is -0.469 e. The lowest BCUT2D eigenvalue weighted by Crippen LogP contribution is -2.50. The van der Waals surface area contributed by atoms with Crippen LogP contribution in [0.25, 0.3) is 0 Å². The van der Waals surface area contributed by atoms with E-state index in [4.69, 9.17) is 4.42 Å². The molecule has 0 radical (unpaired) electrons. The number of carbonyl (C=O) groups excluding carboxylic acids is 2. The van der Waals surface area contributed by atoms with Crippen molar-refractivity contribution < 1.29 is 14.0 Å². The molecule has 0 bridgehead atoms. The van der Waals surface area contributed by atoms with E-state index in [0.29, 0.717) is 18.7 Å². The zero-order valence-corrected chi connectivity index (χ0v) is 13.4. The summed E-state index contributed by atoms with van der Waals surface area (Å²) in [5.74, 6) is 1.64. The zero-order chi connectivity index (χ0) is 15.2. The number of carbonyl (C=O) groups is 2. The molecule has 0 aromatic carbocycles. The molecule has 0 aliphatic carbocycles. The number of aryl methyl sites for hydroxylation is 1. The first-order valence-electron chi connectivity index (χ1n) is 7.16. The fraction of sp³-hybridized carbons (Fsp3) is 0.600. The molecule has 6 heteroatoms. The predicted octanol–water partition coefficient (Wildman–Crippen LogP) is 2.00. The highest BCUT2D eigenvalue weighted by Crippen LogP contribution is 2.47. The van der Waals surface area contributed by atoms with Crippen molar-refractivity contribution in [3.05, 3.63) is 23.7 Å². The van der Waals surface area contributed by atoms with Crippen LogP contribution in [0, 0.1) is 6.92 Å². The van der Waals surface area contributed by atoms with Crippen LogP contribution in [0.1, 0.15) is 31.1 Å². The summed E-state index contributed by atoms with van der Waals surface area (Å²) in [7, 11) is 1.79. The number of nitrogens with zero attached hydrogens (tertiary/aromatic N) is 2. The Morgan fingerprint density at radius 1 is 1.62 bits per heavy atom. The lowest BCUT2D eigenvalue weighted by molar-refractivity contribution is -0.143. The highest BCUT2D eigenvalue weighted by Gasteiger charge is 2.53. The first-order valence-corrected chi connectivity index (χ1v) is 8.15. The SMILES string of the molecule is Cc1occc1CN(C)C(=O)[C@@H]1CS[C@]2(C)CCC(=O)N12. The minimum atomic E-state index is -0.327. The minimum absolute atomic E-state index is 0.0158. The summed E-state index contributed by atoms with van der Waals surface area (Å²) >= 11 is 1.72. The van der Waals surface area contributed by atoms with Crippen molar-refractivity contribution in [2.24, 2.45) is 0 Å². The standard InChI is InChI=1S/C15H20N2O3S/c1-10-11(5-7-20-10)8-16(3)14(19)12-9-21-15(2)6-4-13(18)17(12)15/h5,7,12H,4,6,8-9H2,1-3H3/t12-,15+/m0/s1. The molecule has 2 fully saturated rings. The Hall–Kier alpha value is -1.43. The molecule has 114 valence electrons. The van der Waals surface area contributed by atoms with E-state index in [-0.39, 0.29) is 22.7 Å². The third-order valence-corrected chi connectivity index (χ3v) is 5.99. The number of furan rings is 1. The van der Waals surface area contributed by atoms with Crippen LogP contribution in [0.5, 0.6) is 0 Å². The number of hydrogen-bond acceptors (Lipinski definition) is 4. The fourth-order valence-electron chi connectivity index (χ4n) is 3.17. The van der Waals surface area contributed by atoms with Crippen molar-refractivity contribution in [3.8, 4) is 0 Å². The molecule has 1 aromatic rings. The molecule has 0 N–H and O–H groups in total. The van der Waals surface area contributed by atoms with Crippen molar-refractivity contribution in [3.63, 3.8) is 0 Å². The third-order valence-electron chi connectivity index (χ3n) is 4.48. The lowest BCUT2D eigenvalue weighted by atomic mass is 10.2. The second-order valence-corrected chi connectivity index (χ2v) is 7.46. The molecule has 2 aliphatic rings. The molecule has 2 atom stereocenters. The van der Waals surface area contributed by atoms with Crippen LogP contribution >= 0.6 is 11.8 Å². The Balaban J connectivity index is 1.73. The second kappa shape index (κ2) is 5.09. The highest BCUT2D eigenvalue weighted by molar-refractivity contribution is 8.01. The van der Waals surface area contributed by atoms with Gasteiger partial charge in [-0.15, -0.1) is 11.8 Å². The Morgan fingerprint density at radius 3 is 3.05 bits per heavy atom. The summed E-state index contributed by atoms with van der Waals surface area (Å²) in [6, 6.07) is 1.56. The van der Waals surface area contributed by atoms with E-state index in [1.807, 2.05) is 13.0 Å². The summed E-state index contributed by atoms with van der Waals surface area (Å²) in [5, 5.41) is 0. The van der Waals surface area contributed by atoms with Crippen LogP contribution in [0.3, 0.4) is 0 Å².